The zero-order chi connectivity index (χ0) is 20.2. The van der Waals surface area contributed by atoms with Crippen LogP contribution in [0.1, 0.15) is 5.56 Å². The molecule has 0 N–H and O–H groups in total. The van der Waals surface area contributed by atoms with E-state index in [1.165, 1.54) is 12.1 Å². The molecule has 1 aromatic carbocycles. The summed E-state index contributed by atoms with van der Waals surface area (Å²) in [5.41, 5.74) is 1.92. The molecule has 2 aromatic heterocycles. The van der Waals surface area contributed by atoms with Gasteiger partial charge in [0, 0.05) is 54.7 Å². The molecule has 0 bridgehead atoms. The van der Waals surface area contributed by atoms with Crippen LogP contribution < -0.4 is 4.90 Å². The molecule has 0 radical (unpaired) electrons. The topological polar surface area (TPSA) is 62.2 Å². The predicted octanol–water partition coefficient (Wildman–Crippen LogP) is 3.22. The molecule has 6 nitrogen and oxygen atoms in total. The number of hydrogen-bond donors (Lipinski definition) is 0. The molecular formula is C21H19ClFN5O. The highest BCUT2D eigenvalue weighted by molar-refractivity contribution is 6.31. The molecule has 148 valence electrons. The molecule has 3 aromatic rings. The molecule has 0 unspecified atom stereocenters. The van der Waals surface area contributed by atoms with Crippen molar-refractivity contribution in [2.24, 2.45) is 0 Å². The molecule has 0 atom stereocenters. The van der Waals surface area contributed by atoms with Gasteiger partial charge in [-0.2, -0.15) is 0 Å². The van der Waals surface area contributed by atoms with Crippen molar-refractivity contribution in [2.45, 2.75) is 6.42 Å². The fraction of sp³-hybridized carbons (Fsp3) is 0.238. The quantitative estimate of drug-likeness (QED) is 0.659. The second kappa shape index (κ2) is 8.53. The number of carbonyl (C=O) groups is 1. The van der Waals surface area contributed by atoms with Crippen LogP contribution in [0.5, 0.6) is 0 Å². The summed E-state index contributed by atoms with van der Waals surface area (Å²) in [5, 5.41) is 8.88. The summed E-state index contributed by atoms with van der Waals surface area (Å²) in [7, 11) is 0. The van der Waals surface area contributed by atoms with Crippen molar-refractivity contribution < 1.29 is 9.18 Å². The Labute approximate surface area is 173 Å². The van der Waals surface area contributed by atoms with Gasteiger partial charge >= 0.3 is 0 Å². The van der Waals surface area contributed by atoms with E-state index in [0.717, 1.165) is 17.1 Å². The Kier molecular flexibility index (Phi) is 5.67. The summed E-state index contributed by atoms with van der Waals surface area (Å²) >= 11 is 6.03. The summed E-state index contributed by atoms with van der Waals surface area (Å²) in [5.74, 6) is 0.185. The molecule has 1 aliphatic rings. The van der Waals surface area contributed by atoms with Gasteiger partial charge in [0.25, 0.3) is 0 Å². The number of hydrogen-bond acceptors (Lipinski definition) is 5. The maximum Gasteiger partial charge on any atom is 0.227 e. The second-order valence-corrected chi connectivity index (χ2v) is 7.17. The average molecular weight is 412 g/mol. The minimum atomic E-state index is -0.450. The van der Waals surface area contributed by atoms with E-state index in [4.69, 9.17) is 11.6 Å². The van der Waals surface area contributed by atoms with Crippen LogP contribution in [0.25, 0.3) is 11.3 Å². The smallest absolute Gasteiger partial charge is 0.227 e. The van der Waals surface area contributed by atoms with Crippen molar-refractivity contribution in [2.75, 3.05) is 31.1 Å². The number of aromatic nitrogens is 3. The lowest BCUT2D eigenvalue weighted by atomic mass is 10.1. The highest BCUT2D eigenvalue weighted by atomic mass is 35.5. The molecule has 1 aliphatic heterocycles. The maximum atomic E-state index is 13.9. The first-order valence-electron chi connectivity index (χ1n) is 9.31. The second-order valence-electron chi connectivity index (χ2n) is 6.76. The third-order valence-electron chi connectivity index (χ3n) is 4.95. The molecule has 29 heavy (non-hydrogen) atoms. The third-order valence-corrected chi connectivity index (χ3v) is 5.31. The Morgan fingerprint density at radius 2 is 1.86 bits per heavy atom. The van der Waals surface area contributed by atoms with Crippen LogP contribution >= 0.6 is 11.6 Å². The molecule has 4 rings (SSSR count). The zero-order valence-electron chi connectivity index (χ0n) is 15.6. The van der Waals surface area contributed by atoms with Gasteiger partial charge in [0.2, 0.25) is 5.91 Å². The fourth-order valence-corrected chi connectivity index (χ4v) is 3.54. The van der Waals surface area contributed by atoms with Gasteiger partial charge in [-0.25, -0.2) is 4.39 Å². The van der Waals surface area contributed by atoms with E-state index in [9.17, 15) is 9.18 Å². The van der Waals surface area contributed by atoms with E-state index in [1.54, 1.807) is 23.4 Å². The minimum absolute atomic E-state index is 0.0366. The largest absolute Gasteiger partial charge is 0.352 e. The first-order valence-corrected chi connectivity index (χ1v) is 9.69. The summed E-state index contributed by atoms with van der Waals surface area (Å²) in [6, 6.07) is 12.1. The normalized spacial score (nSPS) is 14.1. The zero-order valence-corrected chi connectivity index (χ0v) is 16.4. The summed E-state index contributed by atoms with van der Waals surface area (Å²) in [6.45, 7) is 2.35. The lowest BCUT2D eigenvalue weighted by molar-refractivity contribution is -0.130. The van der Waals surface area contributed by atoms with Crippen LogP contribution in [0.15, 0.2) is 54.9 Å². The Hall–Kier alpha value is -3.06. The predicted molar refractivity (Wildman–Crippen MR) is 109 cm³/mol. The first kappa shape index (κ1) is 19.3. The maximum absolute atomic E-state index is 13.9. The van der Waals surface area contributed by atoms with Gasteiger partial charge < -0.3 is 9.80 Å². The van der Waals surface area contributed by atoms with Gasteiger partial charge in [0.05, 0.1) is 12.1 Å². The lowest BCUT2D eigenvalue weighted by Crippen LogP contribution is -2.49. The van der Waals surface area contributed by atoms with Crippen LogP contribution in [0.2, 0.25) is 5.02 Å². The SMILES string of the molecule is O=C(Cc1c(F)cccc1Cl)N1CCN(c2ccc(-c3cccnc3)nn2)CC1. The van der Waals surface area contributed by atoms with Crippen LogP contribution in [-0.2, 0) is 11.2 Å². The molecule has 0 aliphatic carbocycles. The van der Waals surface area contributed by atoms with E-state index in [2.05, 4.69) is 20.1 Å². The number of halogens is 2. The number of amides is 1. The Balaban J connectivity index is 1.36. The Morgan fingerprint density at radius 3 is 2.52 bits per heavy atom. The number of pyridine rings is 1. The van der Waals surface area contributed by atoms with E-state index >= 15 is 0 Å². The van der Waals surface area contributed by atoms with Crippen LogP contribution in [0, 0.1) is 5.82 Å². The van der Waals surface area contributed by atoms with Crippen molar-refractivity contribution >= 4 is 23.3 Å². The van der Waals surface area contributed by atoms with Crippen LogP contribution in [0.4, 0.5) is 10.2 Å². The molecular weight excluding hydrogens is 393 g/mol. The lowest BCUT2D eigenvalue weighted by Gasteiger charge is -2.35. The molecule has 1 amide bonds. The number of carbonyl (C=O) groups excluding carboxylic acids is 1. The summed E-state index contributed by atoms with van der Waals surface area (Å²) in [6.07, 6.45) is 3.42. The van der Waals surface area contributed by atoms with Crippen molar-refractivity contribution in [1.29, 1.82) is 0 Å². The first-order chi connectivity index (χ1) is 14.1. The van der Waals surface area contributed by atoms with Crippen LogP contribution in [-0.4, -0.2) is 52.2 Å². The van der Waals surface area contributed by atoms with Gasteiger partial charge in [0.15, 0.2) is 5.82 Å². The molecule has 8 heteroatoms. The van der Waals surface area contributed by atoms with Gasteiger partial charge in [0.1, 0.15) is 5.82 Å². The van der Waals surface area contributed by atoms with Crippen molar-refractivity contribution in [1.82, 2.24) is 20.1 Å². The highest BCUT2D eigenvalue weighted by Gasteiger charge is 2.23. The Morgan fingerprint density at radius 1 is 1.03 bits per heavy atom. The number of anilines is 1. The van der Waals surface area contributed by atoms with E-state index in [1.807, 2.05) is 24.3 Å². The number of nitrogens with zero attached hydrogens (tertiary/aromatic N) is 5. The van der Waals surface area contributed by atoms with E-state index in [0.29, 0.717) is 26.2 Å². The number of benzene rings is 1. The van der Waals surface area contributed by atoms with Gasteiger partial charge in [-0.05, 0) is 36.4 Å². The van der Waals surface area contributed by atoms with E-state index < -0.39 is 5.82 Å². The molecule has 0 spiro atoms. The molecule has 1 fully saturated rings. The van der Waals surface area contributed by atoms with Gasteiger partial charge in [-0.3, -0.25) is 9.78 Å². The summed E-state index contributed by atoms with van der Waals surface area (Å²) < 4.78 is 13.9. The fourth-order valence-electron chi connectivity index (χ4n) is 3.31. The third kappa shape index (κ3) is 4.35. The molecule has 0 saturated carbocycles. The van der Waals surface area contributed by atoms with Gasteiger partial charge in [-0.15, -0.1) is 10.2 Å². The highest BCUT2D eigenvalue weighted by Crippen LogP contribution is 2.21. The average Bonchev–Trinajstić information content (AvgIpc) is 2.77. The standard InChI is InChI=1S/C21H19ClFN5O/c22-17-4-1-5-18(23)16(17)13-21(29)28-11-9-27(10-12-28)20-7-6-19(25-26-20)15-3-2-8-24-14-15/h1-8,14H,9-13H2. The van der Waals surface area contributed by atoms with Crippen LogP contribution in [0.3, 0.4) is 0 Å². The summed E-state index contributed by atoms with van der Waals surface area (Å²) in [4.78, 5) is 20.5. The van der Waals surface area contributed by atoms with E-state index in [-0.39, 0.29) is 22.9 Å². The minimum Gasteiger partial charge on any atom is -0.352 e. The van der Waals surface area contributed by atoms with Gasteiger partial charge in [-0.1, -0.05) is 17.7 Å². The monoisotopic (exact) mass is 411 g/mol. The van der Waals surface area contributed by atoms with Crippen molar-refractivity contribution in [3.05, 3.63) is 71.3 Å². The van der Waals surface area contributed by atoms with Crippen molar-refractivity contribution in [3.8, 4) is 11.3 Å². The van der Waals surface area contributed by atoms with Crippen molar-refractivity contribution in [3.63, 3.8) is 0 Å². The Bertz CT molecular complexity index is 971. The number of piperazine rings is 1. The molecule has 3 heterocycles. The number of rotatable bonds is 4. The molecule has 1 saturated heterocycles.